The second-order valence-corrected chi connectivity index (χ2v) is 6.51. The van der Waals surface area contributed by atoms with Crippen LogP contribution in [0.5, 0.6) is 0 Å². The van der Waals surface area contributed by atoms with Crippen molar-refractivity contribution < 1.29 is 4.79 Å². The molecule has 1 saturated carbocycles. The zero-order chi connectivity index (χ0) is 15.4. The highest BCUT2D eigenvalue weighted by Gasteiger charge is 2.27. The van der Waals surface area contributed by atoms with Crippen LogP contribution in [0.15, 0.2) is 24.3 Å². The van der Waals surface area contributed by atoms with Gasteiger partial charge in [-0.15, -0.1) is 0 Å². The number of anilines is 1. The summed E-state index contributed by atoms with van der Waals surface area (Å²) in [6.45, 7) is 6.18. The molecule has 1 aliphatic carbocycles. The molecule has 0 radical (unpaired) electrons. The van der Waals surface area contributed by atoms with Gasteiger partial charge in [0.15, 0.2) is 10.9 Å². The minimum atomic E-state index is 0.0762. The van der Waals surface area contributed by atoms with Crippen LogP contribution in [-0.4, -0.2) is 16.9 Å². The minimum Gasteiger partial charge on any atom is -0.359 e. The highest BCUT2D eigenvalue weighted by molar-refractivity contribution is 7.80. The lowest BCUT2D eigenvalue weighted by atomic mass is 9.78. The average molecular weight is 304 g/mol. The van der Waals surface area contributed by atoms with Crippen LogP contribution in [0.4, 0.5) is 5.69 Å². The third kappa shape index (κ3) is 4.27. The van der Waals surface area contributed by atoms with Gasteiger partial charge >= 0.3 is 0 Å². The van der Waals surface area contributed by atoms with Crippen molar-refractivity contribution in [1.82, 2.24) is 5.32 Å². The van der Waals surface area contributed by atoms with Gasteiger partial charge in [-0.05, 0) is 61.7 Å². The van der Waals surface area contributed by atoms with Crippen LogP contribution < -0.4 is 10.6 Å². The van der Waals surface area contributed by atoms with Crippen molar-refractivity contribution in [3.63, 3.8) is 0 Å². The number of benzene rings is 1. The van der Waals surface area contributed by atoms with Crippen LogP contribution >= 0.6 is 12.2 Å². The second kappa shape index (κ2) is 7.03. The minimum absolute atomic E-state index is 0.0762. The molecule has 1 aromatic carbocycles. The molecule has 0 heterocycles. The maximum Gasteiger partial charge on any atom is 0.171 e. The number of rotatable bonds is 3. The largest absolute Gasteiger partial charge is 0.359 e. The van der Waals surface area contributed by atoms with Gasteiger partial charge in [0.2, 0.25) is 0 Å². The molecule has 3 unspecified atom stereocenters. The van der Waals surface area contributed by atoms with Crippen molar-refractivity contribution in [2.75, 3.05) is 5.32 Å². The summed E-state index contributed by atoms with van der Waals surface area (Å²) >= 11 is 5.40. The molecule has 3 atom stereocenters. The molecule has 21 heavy (non-hydrogen) atoms. The lowest BCUT2D eigenvalue weighted by molar-refractivity contribution is 0.101. The van der Waals surface area contributed by atoms with E-state index < -0.39 is 0 Å². The Kier molecular flexibility index (Phi) is 5.34. The van der Waals surface area contributed by atoms with Crippen LogP contribution in [0.3, 0.4) is 0 Å². The van der Waals surface area contributed by atoms with Crippen LogP contribution in [0.1, 0.15) is 50.4 Å². The quantitative estimate of drug-likeness (QED) is 0.654. The number of nitrogens with one attached hydrogen (secondary N) is 2. The van der Waals surface area contributed by atoms with Crippen LogP contribution in [0.25, 0.3) is 0 Å². The summed E-state index contributed by atoms with van der Waals surface area (Å²) in [7, 11) is 0. The maximum atomic E-state index is 11.2. The van der Waals surface area contributed by atoms with Crippen molar-refractivity contribution in [3.8, 4) is 0 Å². The average Bonchev–Trinajstić information content (AvgIpc) is 2.44. The second-order valence-electron chi connectivity index (χ2n) is 6.11. The van der Waals surface area contributed by atoms with Crippen LogP contribution in [0.2, 0.25) is 0 Å². The molecule has 1 fully saturated rings. The van der Waals surface area contributed by atoms with E-state index >= 15 is 0 Å². The highest BCUT2D eigenvalue weighted by Crippen LogP contribution is 2.29. The Morgan fingerprint density at radius 3 is 2.48 bits per heavy atom. The number of hydrogen-bond acceptors (Lipinski definition) is 2. The van der Waals surface area contributed by atoms with E-state index in [4.69, 9.17) is 12.2 Å². The molecule has 2 rings (SSSR count). The van der Waals surface area contributed by atoms with E-state index in [0.29, 0.717) is 22.6 Å². The van der Waals surface area contributed by atoms with Crippen molar-refractivity contribution in [1.29, 1.82) is 0 Å². The summed E-state index contributed by atoms with van der Waals surface area (Å²) in [6, 6.07) is 7.86. The van der Waals surface area contributed by atoms with Gasteiger partial charge in [0, 0.05) is 17.3 Å². The van der Waals surface area contributed by atoms with E-state index in [2.05, 4.69) is 24.5 Å². The van der Waals surface area contributed by atoms with Gasteiger partial charge in [0.05, 0.1) is 0 Å². The first-order chi connectivity index (χ1) is 9.97. The summed E-state index contributed by atoms with van der Waals surface area (Å²) in [6.07, 6.45) is 3.75. The number of Topliss-reactive ketones (excluding diaryl/α,β-unsaturated/α-hetero) is 1. The normalized spacial score (nSPS) is 25.2. The van der Waals surface area contributed by atoms with Crippen molar-refractivity contribution in [2.45, 2.75) is 46.1 Å². The molecule has 4 heteroatoms. The highest BCUT2D eigenvalue weighted by atomic mass is 32.1. The number of hydrogen-bond donors (Lipinski definition) is 2. The van der Waals surface area contributed by atoms with Gasteiger partial charge in [0.1, 0.15) is 0 Å². The number of thiocarbonyl (C=S) groups is 1. The van der Waals surface area contributed by atoms with E-state index in [9.17, 15) is 4.79 Å². The zero-order valence-corrected chi connectivity index (χ0v) is 13.8. The van der Waals surface area contributed by atoms with Crippen molar-refractivity contribution in [2.24, 2.45) is 11.8 Å². The molecule has 0 saturated heterocycles. The Morgan fingerprint density at radius 1 is 1.19 bits per heavy atom. The molecule has 0 aliphatic heterocycles. The molecule has 0 amide bonds. The lowest BCUT2D eigenvalue weighted by Crippen LogP contribution is -2.45. The van der Waals surface area contributed by atoms with Gasteiger partial charge in [0.25, 0.3) is 0 Å². The van der Waals surface area contributed by atoms with E-state index in [1.807, 2.05) is 24.3 Å². The molecular formula is C17H24N2OS. The Morgan fingerprint density at radius 2 is 1.86 bits per heavy atom. The first kappa shape index (κ1) is 16.0. The van der Waals surface area contributed by atoms with E-state index in [1.165, 1.54) is 19.3 Å². The fraction of sp³-hybridized carbons (Fsp3) is 0.529. The predicted molar refractivity (Wildman–Crippen MR) is 91.8 cm³/mol. The SMILES string of the molecule is CC(=O)c1ccc(NC(=S)NC2CCCC(C)C2C)cc1. The van der Waals surface area contributed by atoms with Crippen molar-refractivity contribution in [3.05, 3.63) is 29.8 Å². The lowest BCUT2D eigenvalue weighted by Gasteiger charge is -2.35. The van der Waals surface area contributed by atoms with Crippen molar-refractivity contribution >= 4 is 28.8 Å². The Bertz CT molecular complexity index is 512. The Labute approximate surface area is 132 Å². The Balaban J connectivity index is 1.90. The third-order valence-corrected chi connectivity index (χ3v) is 4.79. The molecule has 2 N–H and O–H groups in total. The summed E-state index contributed by atoms with van der Waals surface area (Å²) < 4.78 is 0. The van der Waals surface area contributed by atoms with Crippen LogP contribution in [0, 0.1) is 11.8 Å². The zero-order valence-electron chi connectivity index (χ0n) is 13.0. The standard InChI is InChI=1S/C17H24N2OS/c1-11-5-4-6-16(12(11)2)19-17(21)18-15-9-7-14(8-10-15)13(3)20/h7-12,16H,4-6H2,1-3H3,(H2,18,19,21). The van der Waals surface area contributed by atoms with E-state index in [1.54, 1.807) is 6.92 Å². The molecule has 1 aliphatic rings. The van der Waals surface area contributed by atoms with Gasteiger partial charge in [-0.2, -0.15) is 0 Å². The van der Waals surface area contributed by atoms with E-state index in [0.717, 1.165) is 11.6 Å². The van der Waals surface area contributed by atoms with Gasteiger partial charge < -0.3 is 10.6 Å². The molecule has 0 aromatic heterocycles. The smallest absolute Gasteiger partial charge is 0.171 e. The Hall–Kier alpha value is -1.42. The number of ketones is 1. The van der Waals surface area contributed by atoms with Gasteiger partial charge in [-0.1, -0.05) is 26.7 Å². The monoisotopic (exact) mass is 304 g/mol. The molecule has 0 bridgehead atoms. The van der Waals surface area contributed by atoms with Crippen LogP contribution in [-0.2, 0) is 0 Å². The van der Waals surface area contributed by atoms with E-state index in [-0.39, 0.29) is 5.78 Å². The summed E-state index contributed by atoms with van der Waals surface area (Å²) in [5.41, 5.74) is 1.63. The molecule has 0 spiro atoms. The fourth-order valence-corrected chi connectivity index (χ4v) is 3.18. The van der Waals surface area contributed by atoms with Gasteiger partial charge in [-0.25, -0.2) is 0 Å². The third-order valence-electron chi connectivity index (χ3n) is 4.57. The summed E-state index contributed by atoms with van der Waals surface area (Å²) in [5, 5.41) is 7.30. The number of carbonyl (C=O) groups is 1. The molecular weight excluding hydrogens is 280 g/mol. The first-order valence-electron chi connectivity index (χ1n) is 7.66. The summed E-state index contributed by atoms with van der Waals surface area (Å²) in [4.78, 5) is 11.2. The van der Waals surface area contributed by atoms with Gasteiger partial charge in [-0.3, -0.25) is 4.79 Å². The summed E-state index contributed by atoms with van der Waals surface area (Å²) in [5.74, 6) is 1.46. The topological polar surface area (TPSA) is 41.1 Å². The fourth-order valence-electron chi connectivity index (χ4n) is 2.91. The first-order valence-corrected chi connectivity index (χ1v) is 8.06. The maximum absolute atomic E-state index is 11.2. The molecule has 1 aromatic rings. The molecule has 114 valence electrons. The predicted octanol–water partition coefficient (Wildman–Crippen LogP) is 4.00. The molecule has 3 nitrogen and oxygen atoms in total. The number of carbonyl (C=O) groups excluding carboxylic acids is 1.